The first kappa shape index (κ1) is 19.9. The maximum Gasteiger partial charge on any atom is 0.191 e. The van der Waals surface area contributed by atoms with E-state index in [1.54, 1.807) is 18.4 Å². The number of rotatable bonds is 12. The van der Waals surface area contributed by atoms with Crippen LogP contribution in [0.3, 0.4) is 0 Å². The third-order valence-corrected chi connectivity index (χ3v) is 4.16. The Hall–Kier alpha value is -1.18. The summed E-state index contributed by atoms with van der Waals surface area (Å²) in [5.74, 6) is 0.763. The molecule has 2 N–H and O–H groups in total. The maximum atomic E-state index is 5.51. The molecule has 1 aromatic rings. The van der Waals surface area contributed by atoms with E-state index in [0.717, 1.165) is 37.5 Å². The van der Waals surface area contributed by atoms with E-state index in [-0.39, 0.29) is 0 Å². The van der Waals surface area contributed by atoms with Gasteiger partial charge in [0, 0.05) is 25.6 Å². The summed E-state index contributed by atoms with van der Waals surface area (Å²) in [4.78, 5) is 8.71. The predicted molar refractivity (Wildman–Crippen MR) is 96.2 cm³/mol. The van der Waals surface area contributed by atoms with E-state index in [1.165, 1.54) is 5.01 Å². The average molecular weight is 343 g/mol. The van der Waals surface area contributed by atoms with E-state index in [4.69, 9.17) is 9.47 Å². The number of hydrogen-bond acceptors (Lipinski definition) is 5. The van der Waals surface area contributed by atoms with Crippen LogP contribution in [0.5, 0.6) is 0 Å². The molecule has 0 aliphatic carbocycles. The normalized spacial score (nSPS) is 11.7. The summed E-state index contributed by atoms with van der Waals surface area (Å²) in [5.41, 5.74) is 1.05. The molecule has 0 bridgehead atoms. The fourth-order valence-electron chi connectivity index (χ4n) is 1.80. The van der Waals surface area contributed by atoms with Gasteiger partial charge in [-0.05, 0) is 12.8 Å². The van der Waals surface area contributed by atoms with Crippen molar-refractivity contribution in [2.24, 2.45) is 4.99 Å². The number of aromatic nitrogens is 1. The van der Waals surface area contributed by atoms with Gasteiger partial charge in [-0.1, -0.05) is 20.3 Å². The monoisotopic (exact) mass is 342 g/mol. The van der Waals surface area contributed by atoms with Gasteiger partial charge in [0.1, 0.15) is 0 Å². The summed E-state index contributed by atoms with van der Waals surface area (Å²) in [6.07, 6.45) is 3.26. The summed E-state index contributed by atoms with van der Waals surface area (Å²) in [6.45, 7) is 8.43. The molecule has 7 heteroatoms. The molecule has 23 heavy (non-hydrogen) atoms. The zero-order valence-corrected chi connectivity index (χ0v) is 15.4. The van der Waals surface area contributed by atoms with Crippen LogP contribution >= 0.6 is 11.3 Å². The van der Waals surface area contributed by atoms with Gasteiger partial charge < -0.3 is 20.1 Å². The Morgan fingerprint density at radius 2 is 1.96 bits per heavy atom. The van der Waals surface area contributed by atoms with Gasteiger partial charge in [-0.2, -0.15) is 0 Å². The minimum Gasteiger partial charge on any atom is -0.379 e. The lowest BCUT2D eigenvalue weighted by Crippen LogP contribution is -2.38. The van der Waals surface area contributed by atoms with Crippen molar-refractivity contribution in [2.75, 3.05) is 40.0 Å². The Bertz CT molecular complexity index is 437. The number of nitrogens with zero attached hydrogens (tertiary/aromatic N) is 2. The van der Waals surface area contributed by atoms with Crippen LogP contribution in [0.4, 0.5) is 0 Å². The average Bonchev–Trinajstić information content (AvgIpc) is 3.04. The molecule has 1 heterocycles. The summed E-state index contributed by atoms with van der Waals surface area (Å²) in [7, 11) is 1.76. The van der Waals surface area contributed by atoms with Crippen LogP contribution in [0.1, 0.15) is 37.4 Å². The van der Waals surface area contributed by atoms with Gasteiger partial charge in [-0.3, -0.25) is 4.99 Å². The van der Waals surface area contributed by atoms with Crippen LogP contribution in [-0.4, -0.2) is 51.0 Å². The Kier molecular flexibility index (Phi) is 11.5. The van der Waals surface area contributed by atoms with Crippen LogP contribution in [0.15, 0.2) is 10.4 Å². The summed E-state index contributed by atoms with van der Waals surface area (Å²) < 4.78 is 10.9. The molecular formula is C16H30N4O2S. The molecule has 0 saturated carbocycles. The van der Waals surface area contributed by atoms with Crippen molar-refractivity contribution < 1.29 is 9.47 Å². The highest BCUT2D eigenvalue weighted by Gasteiger charge is 2.02. The molecule has 0 unspecified atom stereocenters. The number of ether oxygens (including phenoxy) is 2. The number of thiazole rings is 1. The Morgan fingerprint density at radius 1 is 1.17 bits per heavy atom. The quantitative estimate of drug-likeness (QED) is 0.346. The highest BCUT2D eigenvalue weighted by Crippen LogP contribution is 2.09. The first-order valence-electron chi connectivity index (χ1n) is 8.33. The molecule has 0 fully saturated rings. The van der Waals surface area contributed by atoms with E-state index >= 15 is 0 Å². The molecule has 0 aromatic carbocycles. The lowest BCUT2D eigenvalue weighted by atomic mass is 10.4. The number of nitrogens with one attached hydrogen (secondary N) is 2. The lowest BCUT2D eigenvalue weighted by Gasteiger charge is -2.11. The van der Waals surface area contributed by atoms with Gasteiger partial charge >= 0.3 is 0 Å². The van der Waals surface area contributed by atoms with Crippen LogP contribution in [-0.2, 0) is 22.4 Å². The Balaban J connectivity index is 2.03. The fraction of sp³-hybridized carbons (Fsp3) is 0.750. The molecule has 0 atom stereocenters. The maximum absolute atomic E-state index is 5.51. The Morgan fingerprint density at radius 3 is 2.61 bits per heavy atom. The summed E-state index contributed by atoms with van der Waals surface area (Å²) >= 11 is 1.70. The lowest BCUT2D eigenvalue weighted by molar-refractivity contribution is 0.0487. The number of unbranched alkanes of at least 4 members (excludes halogenated alkanes) is 1. The van der Waals surface area contributed by atoms with Crippen molar-refractivity contribution in [3.63, 3.8) is 0 Å². The number of aryl methyl sites for hydroxylation is 1. The highest BCUT2D eigenvalue weighted by atomic mass is 32.1. The first-order valence-corrected chi connectivity index (χ1v) is 9.21. The highest BCUT2D eigenvalue weighted by molar-refractivity contribution is 7.09. The second-order valence-electron chi connectivity index (χ2n) is 5.02. The van der Waals surface area contributed by atoms with Crippen molar-refractivity contribution >= 4 is 17.3 Å². The number of aliphatic imine (C=N–C) groups is 1. The van der Waals surface area contributed by atoms with Crippen molar-refractivity contribution in [2.45, 2.75) is 39.7 Å². The van der Waals surface area contributed by atoms with Gasteiger partial charge in [0.25, 0.3) is 0 Å². The third-order valence-electron chi connectivity index (χ3n) is 3.12. The molecule has 0 saturated heterocycles. The van der Waals surface area contributed by atoms with Gasteiger partial charge in [-0.25, -0.2) is 4.98 Å². The smallest absolute Gasteiger partial charge is 0.191 e. The van der Waals surface area contributed by atoms with Gasteiger partial charge in [0.15, 0.2) is 5.96 Å². The third kappa shape index (κ3) is 9.53. The van der Waals surface area contributed by atoms with E-state index in [0.29, 0.717) is 32.9 Å². The van der Waals surface area contributed by atoms with Gasteiger partial charge in [0.05, 0.1) is 37.1 Å². The fourth-order valence-corrected chi connectivity index (χ4v) is 2.54. The Labute approximate surface area is 143 Å². The van der Waals surface area contributed by atoms with E-state index < -0.39 is 0 Å². The molecule has 0 spiro atoms. The van der Waals surface area contributed by atoms with E-state index in [9.17, 15) is 0 Å². The zero-order valence-electron chi connectivity index (χ0n) is 14.6. The first-order chi connectivity index (χ1) is 11.3. The van der Waals surface area contributed by atoms with Crippen LogP contribution in [0.2, 0.25) is 0 Å². The van der Waals surface area contributed by atoms with Crippen LogP contribution in [0, 0.1) is 0 Å². The van der Waals surface area contributed by atoms with E-state index in [2.05, 4.69) is 39.8 Å². The van der Waals surface area contributed by atoms with E-state index in [1.807, 2.05) is 0 Å². The molecule has 0 amide bonds. The number of hydrogen-bond donors (Lipinski definition) is 2. The molecule has 132 valence electrons. The van der Waals surface area contributed by atoms with Crippen LogP contribution < -0.4 is 10.6 Å². The topological polar surface area (TPSA) is 67.8 Å². The second-order valence-corrected chi connectivity index (χ2v) is 5.96. The van der Waals surface area contributed by atoms with Crippen molar-refractivity contribution in [1.29, 1.82) is 0 Å². The van der Waals surface area contributed by atoms with Crippen molar-refractivity contribution in [3.05, 3.63) is 16.1 Å². The van der Waals surface area contributed by atoms with Crippen LogP contribution in [0.25, 0.3) is 0 Å². The van der Waals surface area contributed by atoms with Gasteiger partial charge in [-0.15, -0.1) is 11.3 Å². The molecule has 0 aliphatic rings. The van der Waals surface area contributed by atoms with Crippen molar-refractivity contribution in [3.8, 4) is 0 Å². The SMILES string of the molecule is CCCCOCCOCCNC(=NC)NCc1csc(CC)n1. The largest absolute Gasteiger partial charge is 0.379 e. The minimum atomic E-state index is 0.633. The van der Waals surface area contributed by atoms with Crippen molar-refractivity contribution in [1.82, 2.24) is 15.6 Å². The zero-order chi connectivity index (χ0) is 16.8. The molecule has 1 rings (SSSR count). The molecule has 6 nitrogen and oxygen atoms in total. The molecule has 0 aliphatic heterocycles. The molecular weight excluding hydrogens is 312 g/mol. The summed E-state index contributed by atoms with van der Waals surface area (Å²) in [5, 5.41) is 9.72. The second kappa shape index (κ2) is 13.3. The standard InChI is InChI=1S/C16H30N4O2S/c1-4-6-8-21-10-11-22-9-7-18-16(17-3)19-12-14-13-23-15(5-2)20-14/h13H,4-12H2,1-3H3,(H2,17,18,19). The summed E-state index contributed by atoms with van der Waals surface area (Å²) in [6, 6.07) is 0. The molecule has 0 radical (unpaired) electrons. The number of guanidine groups is 1. The van der Waals surface area contributed by atoms with Gasteiger partial charge in [0.2, 0.25) is 0 Å². The molecule has 1 aromatic heterocycles. The minimum absolute atomic E-state index is 0.633. The predicted octanol–water partition coefficient (Wildman–Crippen LogP) is 2.20.